The summed E-state index contributed by atoms with van der Waals surface area (Å²) in [5.41, 5.74) is 1.02. The Hall–Kier alpha value is -0.0900. The molecule has 0 bridgehead atoms. The lowest BCUT2D eigenvalue weighted by Gasteiger charge is -2.39. The Balaban J connectivity index is 1.98. The molecule has 1 heterocycles. The lowest BCUT2D eigenvalue weighted by atomic mass is 10.00. The first-order valence-corrected chi connectivity index (χ1v) is 6.05. The van der Waals surface area contributed by atoms with Crippen LogP contribution in [-0.2, 0) is 11.3 Å². The Morgan fingerprint density at radius 3 is 2.80 bits per heavy atom. The van der Waals surface area contributed by atoms with Gasteiger partial charge in [-0.25, -0.2) is 0 Å². The van der Waals surface area contributed by atoms with Crippen molar-refractivity contribution in [3.63, 3.8) is 0 Å². The van der Waals surface area contributed by atoms with Crippen LogP contribution in [0, 0.1) is 0 Å². The summed E-state index contributed by atoms with van der Waals surface area (Å²) < 4.78 is 6.80. The molecular weight excluding hydrogens is 277 g/mol. The Kier molecular flexibility index (Phi) is 3.36. The minimum absolute atomic E-state index is 0.0175. The molecular formula is C11H13BrClNO. The highest BCUT2D eigenvalue weighted by Crippen LogP contribution is 2.24. The van der Waals surface area contributed by atoms with Gasteiger partial charge in [0.2, 0.25) is 0 Å². The Bertz CT molecular complexity index is 366. The minimum atomic E-state index is -0.0175. The van der Waals surface area contributed by atoms with Crippen LogP contribution < -0.4 is 5.32 Å². The van der Waals surface area contributed by atoms with Gasteiger partial charge in [0.25, 0.3) is 0 Å². The zero-order chi connectivity index (χ0) is 10.9. The molecule has 0 amide bonds. The van der Waals surface area contributed by atoms with E-state index in [1.807, 2.05) is 18.2 Å². The lowest BCUT2D eigenvalue weighted by molar-refractivity contribution is -0.0767. The van der Waals surface area contributed by atoms with Crippen LogP contribution >= 0.6 is 27.5 Å². The molecule has 1 aliphatic rings. The van der Waals surface area contributed by atoms with Crippen molar-refractivity contribution in [3.8, 4) is 0 Å². The number of hydrogen-bond donors (Lipinski definition) is 1. The van der Waals surface area contributed by atoms with E-state index in [2.05, 4.69) is 28.2 Å². The molecule has 82 valence electrons. The van der Waals surface area contributed by atoms with Crippen molar-refractivity contribution >= 4 is 27.5 Å². The predicted molar refractivity (Wildman–Crippen MR) is 65.2 cm³/mol. The SMILES string of the molecule is CC1(OCc2ccc(Br)cc2Cl)CNC1. The van der Waals surface area contributed by atoms with Gasteiger partial charge < -0.3 is 10.1 Å². The molecule has 0 atom stereocenters. The number of benzene rings is 1. The van der Waals surface area contributed by atoms with E-state index in [9.17, 15) is 0 Å². The third-order valence-corrected chi connectivity index (χ3v) is 3.43. The molecule has 0 radical (unpaired) electrons. The highest BCUT2D eigenvalue weighted by molar-refractivity contribution is 9.10. The summed E-state index contributed by atoms with van der Waals surface area (Å²) in [5.74, 6) is 0. The number of rotatable bonds is 3. The molecule has 15 heavy (non-hydrogen) atoms. The fourth-order valence-corrected chi connectivity index (χ4v) is 2.20. The van der Waals surface area contributed by atoms with E-state index in [4.69, 9.17) is 16.3 Å². The zero-order valence-corrected chi connectivity index (χ0v) is 10.9. The summed E-state index contributed by atoms with van der Waals surface area (Å²) in [6.07, 6.45) is 0. The van der Waals surface area contributed by atoms with Crippen molar-refractivity contribution in [2.24, 2.45) is 0 Å². The fraction of sp³-hybridized carbons (Fsp3) is 0.455. The van der Waals surface area contributed by atoms with Gasteiger partial charge >= 0.3 is 0 Å². The largest absolute Gasteiger partial charge is 0.368 e. The fourth-order valence-electron chi connectivity index (χ4n) is 1.47. The van der Waals surface area contributed by atoms with Crippen LogP contribution in [0.1, 0.15) is 12.5 Å². The first-order valence-electron chi connectivity index (χ1n) is 4.88. The van der Waals surface area contributed by atoms with Crippen LogP contribution in [0.3, 0.4) is 0 Å². The van der Waals surface area contributed by atoms with Gasteiger partial charge in [0.05, 0.1) is 12.2 Å². The van der Waals surface area contributed by atoms with Gasteiger partial charge in [-0.05, 0) is 24.6 Å². The van der Waals surface area contributed by atoms with E-state index in [0.29, 0.717) is 6.61 Å². The van der Waals surface area contributed by atoms with Gasteiger partial charge in [0, 0.05) is 22.6 Å². The molecule has 2 nitrogen and oxygen atoms in total. The van der Waals surface area contributed by atoms with Crippen LogP contribution in [0.2, 0.25) is 5.02 Å². The molecule has 1 fully saturated rings. The van der Waals surface area contributed by atoms with Gasteiger partial charge in [0.15, 0.2) is 0 Å². The maximum absolute atomic E-state index is 6.09. The number of ether oxygens (including phenoxy) is 1. The van der Waals surface area contributed by atoms with Crippen molar-refractivity contribution < 1.29 is 4.74 Å². The molecule has 0 saturated carbocycles. The third kappa shape index (κ3) is 2.72. The predicted octanol–water partition coefficient (Wildman–Crippen LogP) is 2.98. The van der Waals surface area contributed by atoms with Gasteiger partial charge in [0.1, 0.15) is 0 Å². The lowest BCUT2D eigenvalue weighted by Crippen LogP contribution is -2.58. The molecule has 1 N–H and O–H groups in total. The second kappa shape index (κ2) is 4.42. The van der Waals surface area contributed by atoms with E-state index in [-0.39, 0.29) is 5.60 Å². The minimum Gasteiger partial charge on any atom is -0.368 e. The van der Waals surface area contributed by atoms with E-state index in [0.717, 1.165) is 28.1 Å². The summed E-state index contributed by atoms with van der Waals surface area (Å²) >= 11 is 9.47. The summed E-state index contributed by atoms with van der Waals surface area (Å²) in [5, 5.41) is 3.95. The van der Waals surface area contributed by atoms with Crippen molar-refractivity contribution in [2.75, 3.05) is 13.1 Å². The molecule has 0 aliphatic carbocycles. The molecule has 1 aliphatic heterocycles. The second-order valence-corrected chi connectivity index (χ2v) is 5.40. The Morgan fingerprint density at radius 1 is 1.53 bits per heavy atom. The van der Waals surface area contributed by atoms with Crippen LogP contribution in [-0.4, -0.2) is 18.7 Å². The topological polar surface area (TPSA) is 21.3 Å². The van der Waals surface area contributed by atoms with Crippen molar-refractivity contribution in [2.45, 2.75) is 19.1 Å². The van der Waals surface area contributed by atoms with E-state index < -0.39 is 0 Å². The molecule has 4 heteroatoms. The Labute approximate surface area is 103 Å². The van der Waals surface area contributed by atoms with Gasteiger partial charge in [-0.15, -0.1) is 0 Å². The molecule has 0 spiro atoms. The zero-order valence-electron chi connectivity index (χ0n) is 8.52. The van der Waals surface area contributed by atoms with E-state index in [1.165, 1.54) is 0 Å². The van der Waals surface area contributed by atoms with Crippen LogP contribution in [0.15, 0.2) is 22.7 Å². The summed E-state index contributed by atoms with van der Waals surface area (Å²) in [7, 11) is 0. The van der Waals surface area contributed by atoms with Crippen molar-refractivity contribution in [1.29, 1.82) is 0 Å². The first kappa shape index (κ1) is 11.4. The van der Waals surface area contributed by atoms with Crippen molar-refractivity contribution in [1.82, 2.24) is 5.32 Å². The Morgan fingerprint density at radius 2 is 2.27 bits per heavy atom. The van der Waals surface area contributed by atoms with Crippen molar-refractivity contribution in [3.05, 3.63) is 33.3 Å². The van der Waals surface area contributed by atoms with Crippen LogP contribution in [0.5, 0.6) is 0 Å². The summed E-state index contributed by atoms with van der Waals surface area (Å²) in [4.78, 5) is 0. The summed E-state index contributed by atoms with van der Waals surface area (Å²) in [6, 6.07) is 5.86. The normalized spacial score (nSPS) is 18.6. The van der Waals surface area contributed by atoms with Crippen LogP contribution in [0.4, 0.5) is 0 Å². The van der Waals surface area contributed by atoms with E-state index in [1.54, 1.807) is 0 Å². The molecule has 1 saturated heterocycles. The molecule has 0 aromatic heterocycles. The standard InChI is InChI=1S/C11H13BrClNO/c1-11(6-14-7-11)15-5-8-2-3-9(12)4-10(8)13/h2-4,14H,5-7H2,1H3. The van der Waals surface area contributed by atoms with Gasteiger partial charge in [-0.1, -0.05) is 33.6 Å². The molecule has 1 aromatic carbocycles. The maximum atomic E-state index is 6.09. The molecule has 0 unspecified atom stereocenters. The molecule has 1 aromatic rings. The highest BCUT2D eigenvalue weighted by Gasteiger charge is 2.32. The smallest absolute Gasteiger partial charge is 0.0906 e. The quantitative estimate of drug-likeness (QED) is 0.924. The first-order chi connectivity index (χ1) is 7.09. The van der Waals surface area contributed by atoms with Crippen LogP contribution in [0.25, 0.3) is 0 Å². The maximum Gasteiger partial charge on any atom is 0.0906 e. The third-order valence-electron chi connectivity index (χ3n) is 2.59. The average molecular weight is 291 g/mol. The monoisotopic (exact) mass is 289 g/mol. The average Bonchev–Trinajstić information content (AvgIpc) is 2.14. The number of hydrogen-bond acceptors (Lipinski definition) is 2. The van der Waals surface area contributed by atoms with Gasteiger partial charge in [-0.3, -0.25) is 0 Å². The number of nitrogens with one attached hydrogen (secondary N) is 1. The van der Waals surface area contributed by atoms with E-state index >= 15 is 0 Å². The highest BCUT2D eigenvalue weighted by atomic mass is 79.9. The summed E-state index contributed by atoms with van der Waals surface area (Å²) in [6.45, 7) is 4.52. The molecule has 2 rings (SSSR count). The number of halogens is 2. The second-order valence-electron chi connectivity index (χ2n) is 4.08. The van der Waals surface area contributed by atoms with Gasteiger partial charge in [-0.2, -0.15) is 0 Å².